The molecule has 0 radical (unpaired) electrons. The minimum absolute atomic E-state index is 0.173. The molecule has 1 aromatic heterocycles. The van der Waals surface area contributed by atoms with Gasteiger partial charge >= 0.3 is 0 Å². The summed E-state index contributed by atoms with van der Waals surface area (Å²) in [5, 5.41) is 6.25. The van der Waals surface area contributed by atoms with Gasteiger partial charge in [-0.15, -0.1) is 0 Å². The van der Waals surface area contributed by atoms with Gasteiger partial charge in [0.15, 0.2) is 5.13 Å². The van der Waals surface area contributed by atoms with Gasteiger partial charge in [0.25, 0.3) is 5.91 Å². The molecule has 0 bridgehead atoms. The number of rotatable bonds is 5. The summed E-state index contributed by atoms with van der Waals surface area (Å²) >= 11 is 1.31. The van der Waals surface area contributed by atoms with Crippen molar-refractivity contribution in [1.29, 1.82) is 0 Å². The minimum Gasteiger partial charge on any atom is -0.322 e. The van der Waals surface area contributed by atoms with Crippen LogP contribution in [0.2, 0.25) is 0 Å². The number of fused-ring (bicyclic) bond motifs is 1. The van der Waals surface area contributed by atoms with E-state index in [0.717, 1.165) is 33.4 Å². The first-order chi connectivity index (χ1) is 13.9. The first kappa shape index (κ1) is 19.3. The average molecular weight is 407 g/mol. The third-order valence-corrected chi connectivity index (χ3v) is 6.08. The molecule has 2 unspecified atom stereocenters. The fourth-order valence-corrected chi connectivity index (χ4v) is 4.45. The smallest absolute Gasteiger partial charge is 0.255 e. The molecule has 1 aliphatic carbocycles. The lowest BCUT2D eigenvalue weighted by Crippen LogP contribution is -2.14. The van der Waals surface area contributed by atoms with Crippen molar-refractivity contribution in [3.05, 3.63) is 52.6 Å². The number of benzene rings is 2. The van der Waals surface area contributed by atoms with Crippen LogP contribution in [0.3, 0.4) is 0 Å². The molecule has 0 saturated heterocycles. The van der Waals surface area contributed by atoms with Crippen LogP contribution >= 0.6 is 11.3 Å². The zero-order chi connectivity index (χ0) is 20.7. The largest absolute Gasteiger partial charge is 0.322 e. The second-order valence-corrected chi connectivity index (χ2v) is 8.59. The fraction of sp³-hybridized carbons (Fsp3) is 0.273. The Morgan fingerprint density at radius 2 is 1.83 bits per heavy atom. The molecule has 1 fully saturated rings. The molecule has 2 amide bonds. The summed E-state index contributed by atoms with van der Waals surface area (Å²) in [5.74, 6) is -0.785. The zero-order valence-corrected chi connectivity index (χ0v) is 17.2. The van der Waals surface area contributed by atoms with Crippen LogP contribution in [-0.4, -0.2) is 23.1 Å². The summed E-state index contributed by atoms with van der Waals surface area (Å²) in [6.45, 7) is 5.99. The summed E-state index contributed by atoms with van der Waals surface area (Å²) in [7, 11) is 0. The Bertz CT molecular complexity index is 1130. The van der Waals surface area contributed by atoms with Gasteiger partial charge in [0.1, 0.15) is 6.29 Å². The summed E-state index contributed by atoms with van der Waals surface area (Å²) in [4.78, 5) is 40.0. The van der Waals surface area contributed by atoms with Crippen molar-refractivity contribution in [3.63, 3.8) is 0 Å². The molecular formula is C22H21N3O3S. The van der Waals surface area contributed by atoms with Crippen molar-refractivity contribution in [2.24, 2.45) is 11.8 Å². The van der Waals surface area contributed by atoms with Crippen molar-refractivity contribution in [1.82, 2.24) is 4.98 Å². The van der Waals surface area contributed by atoms with Crippen molar-refractivity contribution in [2.75, 3.05) is 10.6 Å². The van der Waals surface area contributed by atoms with E-state index in [1.165, 1.54) is 11.3 Å². The SMILES string of the molecule is Cc1cc(C)c(NC(=O)c2ccc3nc(NC(=O)C4CC4C=O)sc3c2)c(C)c1. The number of nitrogens with zero attached hydrogens (tertiary/aromatic N) is 1. The lowest BCUT2D eigenvalue weighted by molar-refractivity contribution is -0.119. The number of carbonyl (C=O) groups excluding carboxylic acids is 3. The van der Waals surface area contributed by atoms with Crippen molar-refractivity contribution in [3.8, 4) is 0 Å². The molecule has 0 aliphatic heterocycles. The van der Waals surface area contributed by atoms with E-state index >= 15 is 0 Å². The van der Waals surface area contributed by atoms with Gasteiger partial charge in [-0.3, -0.25) is 9.59 Å². The monoisotopic (exact) mass is 407 g/mol. The molecule has 1 heterocycles. The number of thiazole rings is 1. The Balaban J connectivity index is 1.52. The molecule has 29 heavy (non-hydrogen) atoms. The second kappa shape index (κ2) is 7.40. The van der Waals surface area contributed by atoms with Crippen LogP contribution in [-0.2, 0) is 9.59 Å². The Hall–Kier alpha value is -3.06. The van der Waals surface area contributed by atoms with Crippen molar-refractivity contribution in [2.45, 2.75) is 27.2 Å². The van der Waals surface area contributed by atoms with Gasteiger partial charge < -0.3 is 15.4 Å². The van der Waals surface area contributed by atoms with E-state index in [9.17, 15) is 14.4 Å². The number of carbonyl (C=O) groups is 3. The van der Waals surface area contributed by atoms with Crippen LogP contribution in [0, 0.1) is 32.6 Å². The number of aldehydes is 1. The van der Waals surface area contributed by atoms with E-state index < -0.39 is 0 Å². The maximum absolute atomic E-state index is 12.8. The third-order valence-electron chi connectivity index (χ3n) is 5.15. The number of nitrogens with one attached hydrogen (secondary N) is 2. The molecule has 3 aromatic rings. The lowest BCUT2D eigenvalue weighted by Gasteiger charge is -2.12. The number of amides is 2. The Morgan fingerprint density at radius 1 is 1.10 bits per heavy atom. The summed E-state index contributed by atoms with van der Waals surface area (Å²) < 4.78 is 0.813. The zero-order valence-electron chi connectivity index (χ0n) is 16.4. The first-order valence-corrected chi connectivity index (χ1v) is 10.2. The summed E-state index contributed by atoms with van der Waals surface area (Å²) in [5.41, 5.74) is 5.27. The van der Waals surface area contributed by atoms with Crippen molar-refractivity contribution >= 4 is 50.5 Å². The van der Waals surface area contributed by atoms with Crippen LogP contribution < -0.4 is 10.6 Å². The highest BCUT2D eigenvalue weighted by Crippen LogP contribution is 2.38. The highest BCUT2D eigenvalue weighted by atomic mass is 32.1. The van der Waals surface area contributed by atoms with E-state index in [4.69, 9.17) is 0 Å². The van der Waals surface area contributed by atoms with E-state index in [0.29, 0.717) is 22.6 Å². The maximum atomic E-state index is 12.8. The van der Waals surface area contributed by atoms with Crippen LogP contribution in [0.1, 0.15) is 33.5 Å². The summed E-state index contributed by atoms with van der Waals surface area (Å²) in [6.07, 6.45) is 1.42. The van der Waals surface area contributed by atoms with Crippen molar-refractivity contribution < 1.29 is 14.4 Å². The van der Waals surface area contributed by atoms with Gasteiger partial charge in [0.05, 0.1) is 10.2 Å². The van der Waals surface area contributed by atoms with Crippen LogP contribution in [0.4, 0.5) is 10.8 Å². The standard InChI is InChI=1S/C22H21N3O3S/c1-11-6-12(2)19(13(3)7-11)24-20(27)14-4-5-17-18(9-14)29-22(23-17)25-21(28)16-8-15(16)10-26/h4-7,9-10,15-16H,8H2,1-3H3,(H,24,27)(H,23,25,28). The molecular weight excluding hydrogens is 386 g/mol. The number of aryl methyl sites for hydroxylation is 3. The van der Waals surface area contributed by atoms with E-state index in [1.807, 2.05) is 32.9 Å². The van der Waals surface area contributed by atoms with Gasteiger partial charge in [-0.1, -0.05) is 29.0 Å². The molecule has 1 saturated carbocycles. The van der Waals surface area contributed by atoms with Crippen LogP contribution in [0.5, 0.6) is 0 Å². The highest BCUT2D eigenvalue weighted by molar-refractivity contribution is 7.22. The van der Waals surface area contributed by atoms with Gasteiger partial charge in [0, 0.05) is 23.1 Å². The Labute approximate surface area is 172 Å². The number of aromatic nitrogens is 1. The van der Waals surface area contributed by atoms with Gasteiger partial charge in [-0.2, -0.15) is 0 Å². The Kier molecular flexibility index (Phi) is 4.92. The molecule has 7 heteroatoms. The third kappa shape index (κ3) is 3.91. The molecule has 4 rings (SSSR count). The second-order valence-electron chi connectivity index (χ2n) is 7.56. The minimum atomic E-state index is -0.248. The first-order valence-electron chi connectivity index (χ1n) is 9.41. The highest BCUT2D eigenvalue weighted by Gasteiger charge is 2.43. The number of anilines is 2. The van der Waals surface area contributed by atoms with Gasteiger partial charge in [0.2, 0.25) is 5.91 Å². The lowest BCUT2D eigenvalue weighted by atomic mass is 10.0. The molecule has 2 aromatic carbocycles. The molecule has 6 nitrogen and oxygen atoms in total. The quantitative estimate of drug-likeness (QED) is 0.619. The molecule has 1 aliphatic rings. The number of hydrogen-bond acceptors (Lipinski definition) is 5. The predicted molar refractivity (Wildman–Crippen MR) is 115 cm³/mol. The normalized spacial score (nSPS) is 17.8. The number of hydrogen-bond donors (Lipinski definition) is 2. The van der Waals surface area contributed by atoms with Gasteiger partial charge in [-0.05, 0) is 56.5 Å². The Morgan fingerprint density at radius 3 is 2.48 bits per heavy atom. The maximum Gasteiger partial charge on any atom is 0.255 e. The van der Waals surface area contributed by atoms with E-state index in [1.54, 1.807) is 18.2 Å². The van der Waals surface area contributed by atoms with E-state index in [2.05, 4.69) is 15.6 Å². The van der Waals surface area contributed by atoms with Gasteiger partial charge in [-0.25, -0.2) is 4.98 Å². The van der Waals surface area contributed by atoms with E-state index in [-0.39, 0.29) is 23.7 Å². The predicted octanol–water partition coefficient (Wildman–Crippen LogP) is 4.25. The summed E-state index contributed by atoms with van der Waals surface area (Å²) in [6, 6.07) is 9.36. The van der Waals surface area contributed by atoms with Crippen LogP contribution in [0.15, 0.2) is 30.3 Å². The molecule has 0 spiro atoms. The topological polar surface area (TPSA) is 88.2 Å². The fourth-order valence-electron chi connectivity index (χ4n) is 3.55. The molecule has 148 valence electrons. The van der Waals surface area contributed by atoms with Crippen LogP contribution in [0.25, 0.3) is 10.2 Å². The molecule has 2 atom stereocenters. The molecule has 2 N–H and O–H groups in total. The average Bonchev–Trinajstić information content (AvgIpc) is 3.36.